The maximum absolute atomic E-state index is 7.15. The Morgan fingerprint density at radius 1 is 0.359 bits per heavy atom. The number of aromatic nitrogens is 4. The van der Waals surface area contributed by atoms with Gasteiger partial charge in [-0.25, -0.2) is 9.97 Å². The first kappa shape index (κ1) is 36.1. The molecule has 0 fully saturated rings. The number of hydrogen-bond acceptors (Lipinski definition) is 5. The molecule has 0 unspecified atom stereocenters. The minimum atomic E-state index is -0.548. The van der Waals surface area contributed by atoms with Gasteiger partial charge in [-0.2, -0.15) is 0 Å². The highest BCUT2D eigenvalue weighted by molar-refractivity contribution is 6.15. The zero-order valence-electron chi connectivity index (χ0n) is 34.5. The third-order valence-corrected chi connectivity index (χ3v) is 13.1. The second-order valence-corrected chi connectivity index (χ2v) is 16.5. The molecule has 5 heteroatoms. The zero-order chi connectivity index (χ0) is 42.2. The lowest BCUT2D eigenvalue weighted by Crippen LogP contribution is -2.32. The van der Waals surface area contributed by atoms with E-state index < -0.39 is 5.41 Å². The molecular formula is C59H36N4O. The second kappa shape index (κ2) is 14.3. The molecule has 4 aromatic heterocycles. The molecule has 5 nitrogen and oxygen atoms in total. The fourth-order valence-electron chi connectivity index (χ4n) is 10.2. The van der Waals surface area contributed by atoms with Gasteiger partial charge in [0, 0.05) is 45.2 Å². The van der Waals surface area contributed by atoms with Gasteiger partial charge in [0.05, 0.1) is 39.4 Å². The van der Waals surface area contributed by atoms with Crippen LogP contribution in [0.3, 0.4) is 0 Å². The van der Waals surface area contributed by atoms with Gasteiger partial charge in [0.15, 0.2) is 0 Å². The molecule has 0 saturated heterocycles. The van der Waals surface area contributed by atoms with Crippen LogP contribution in [-0.4, -0.2) is 19.9 Å². The highest BCUT2D eigenvalue weighted by Gasteiger charge is 2.51. The summed E-state index contributed by atoms with van der Waals surface area (Å²) in [7, 11) is 0. The van der Waals surface area contributed by atoms with Crippen LogP contribution in [0.5, 0.6) is 11.5 Å². The first-order valence-electron chi connectivity index (χ1n) is 21.6. The van der Waals surface area contributed by atoms with Crippen LogP contribution in [0, 0.1) is 0 Å². The van der Waals surface area contributed by atoms with E-state index in [1.54, 1.807) is 12.4 Å². The molecule has 1 aliphatic carbocycles. The largest absolute Gasteiger partial charge is 0.456 e. The molecule has 1 aliphatic heterocycles. The van der Waals surface area contributed by atoms with E-state index in [0.29, 0.717) is 0 Å². The number of pyridine rings is 4. The summed E-state index contributed by atoms with van der Waals surface area (Å²) in [5.74, 6) is 1.76. The molecule has 7 aromatic carbocycles. The van der Waals surface area contributed by atoms with Gasteiger partial charge < -0.3 is 4.74 Å². The van der Waals surface area contributed by atoms with Crippen molar-refractivity contribution >= 4 is 21.7 Å². The summed E-state index contributed by atoms with van der Waals surface area (Å²) >= 11 is 0. The van der Waals surface area contributed by atoms with Crippen molar-refractivity contribution in [3.63, 3.8) is 0 Å². The third-order valence-electron chi connectivity index (χ3n) is 13.1. The minimum absolute atomic E-state index is 0.548. The Kier molecular flexibility index (Phi) is 8.06. The summed E-state index contributed by atoms with van der Waals surface area (Å²) < 4.78 is 7.15. The molecular weight excluding hydrogens is 781 g/mol. The zero-order valence-corrected chi connectivity index (χ0v) is 34.5. The van der Waals surface area contributed by atoms with E-state index >= 15 is 0 Å². The van der Waals surface area contributed by atoms with E-state index in [-0.39, 0.29) is 0 Å². The average Bonchev–Trinajstić information content (AvgIpc) is 3.67. The number of ether oxygens (including phenoxy) is 1. The van der Waals surface area contributed by atoms with Crippen molar-refractivity contribution in [3.8, 4) is 78.9 Å². The maximum Gasteiger partial charge on any atom is 0.140 e. The van der Waals surface area contributed by atoms with Crippen LogP contribution < -0.4 is 4.74 Å². The standard InChI is InChI=1S/C59H36N4O/c1-4-16-46-42(13-1)43-14-2-5-17-47(43)59(46)48-18-6-8-22-55(48)64-58-49(59)32-31-45-56(58)44-15-3-7-19-50(44)63-57(45)40-29-27-38(28-30-40)37-23-25-39(26-24-37)41-35-53(51-20-9-11-33-60-51)62-54(36-41)52-21-10-12-34-61-52/h1-36H. The molecule has 0 saturated carbocycles. The summed E-state index contributed by atoms with van der Waals surface area (Å²) in [5.41, 5.74) is 17.3. The minimum Gasteiger partial charge on any atom is -0.456 e. The van der Waals surface area contributed by atoms with Crippen LogP contribution in [0.15, 0.2) is 219 Å². The SMILES string of the molecule is c1ccc(-c2cc(-c3ccc(-c4ccc(-c5nc6ccccc6c6c7c(ccc56)C5(c6ccccc6O7)c6ccccc6-c6ccccc65)cc4)cc3)cc(-c3ccccn3)n2)nc1. The van der Waals surface area contributed by atoms with Crippen LogP contribution in [0.4, 0.5) is 0 Å². The van der Waals surface area contributed by atoms with Gasteiger partial charge in [0.2, 0.25) is 0 Å². The molecule has 0 atom stereocenters. The van der Waals surface area contributed by atoms with Crippen LogP contribution >= 0.6 is 0 Å². The Labute approximate surface area is 370 Å². The van der Waals surface area contributed by atoms with Gasteiger partial charge in [-0.3, -0.25) is 9.97 Å². The van der Waals surface area contributed by atoms with Crippen molar-refractivity contribution in [1.82, 2.24) is 19.9 Å². The van der Waals surface area contributed by atoms with E-state index in [1.165, 1.54) is 22.3 Å². The number of hydrogen-bond donors (Lipinski definition) is 0. The monoisotopic (exact) mass is 816 g/mol. The second-order valence-electron chi connectivity index (χ2n) is 16.5. The van der Waals surface area contributed by atoms with Crippen LogP contribution in [0.25, 0.3) is 89.1 Å². The lowest BCUT2D eigenvalue weighted by molar-refractivity contribution is 0.442. The summed E-state index contributed by atoms with van der Waals surface area (Å²) in [5, 5.41) is 3.19. The Balaban J connectivity index is 0.918. The van der Waals surface area contributed by atoms with Gasteiger partial charge in [-0.1, -0.05) is 158 Å². The van der Waals surface area contributed by atoms with Gasteiger partial charge >= 0.3 is 0 Å². The Morgan fingerprint density at radius 3 is 1.52 bits per heavy atom. The molecule has 11 aromatic rings. The Morgan fingerprint density at radius 2 is 0.891 bits per heavy atom. The first-order valence-corrected chi connectivity index (χ1v) is 21.6. The number of para-hydroxylation sites is 2. The number of nitrogens with zero attached hydrogens (tertiary/aromatic N) is 4. The van der Waals surface area contributed by atoms with E-state index in [1.807, 2.05) is 36.4 Å². The first-order chi connectivity index (χ1) is 31.7. The molecule has 0 amide bonds. The molecule has 1 spiro atoms. The highest BCUT2D eigenvalue weighted by atomic mass is 16.5. The van der Waals surface area contributed by atoms with Gasteiger partial charge in [0.1, 0.15) is 11.5 Å². The normalized spacial score (nSPS) is 12.9. The topological polar surface area (TPSA) is 60.8 Å². The molecule has 0 radical (unpaired) electrons. The molecule has 64 heavy (non-hydrogen) atoms. The predicted molar refractivity (Wildman–Crippen MR) is 257 cm³/mol. The van der Waals surface area contributed by atoms with Crippen molar-refractivity contribution in [1.29, 1.82) is 0 Å². The van der Waals surface area contributed by atoms with E-state index in [9.17, 15) is 0 Å². The van der Waals surface area contributed by atoms with Crippen LogP contribution in [0.1, 0.15) is 22.3 Å². The van der Waals surface area contributed by atoms with Crippen molar-refractivity contribution < 1.29 is 4.74 Å². The Bertz CT molecular complexity index is 3520. The number of rotatable bonds is 5. The fraction of sp³-hybridized carbons (Fsp3) is 0.0169. The number of fused-ring (bicyclic) bond motifs is 13. The Hall–Kier alpha value is -8.54. The van der Waals surface area contributed by atoms with E-state index in [2.05, 4.69) is 180 Å². The molecule has 2 aliphatic rings. The van der Waals surface area contributed by atoms with E-state index in [4.69, 9.17) is 14.7 Å². The fourth-order valence-corrected chi connectivity index (χ4v) is 10.2. The van der Waals surface area contributed by atoms with Crippen molar-refractivity contribution in [2.75, 3.05) is 0 Å². The van der Waals surface area contributed by atoms with Crippen molar-refractivity contribution in [2.24, 2.45) is 0 Å². The number of benzene rings is 7. The van der Waals surface area contributed by atoms with Gasteiger partial charge in [0.25, 0.3) is 0 Å². The summed E-state index contributed by atoms with van der Waals surface area (Å²) in [6.07, 6.45) is 3.60. The van der Waals surface area contributed by atoms with Crippen LogP contribution in [0.2, 0.25) is 0 Å². The molecule has 13 rings (SSSR count). The van der Waals surface area contributed by atoms with Crippen molar-refractivity contribution in [3.05, 3.63) is 241 Å². The quantitative estimate of drug-likeness (QED) is 0.162. The van der Waals surface area contributed by atoms with Crippen LogP contribution in [-0.2, 0) is 5.41 Å². The molecule has 0 bridgehead atoms. The molecule has 5 heterocycles. The summed E-state index contributed by atoms with van der Waals surface area (Å²) in [6.45, 7) is 0. The summed E-state index contributed by atoms with van der Waals surface area (Å²) in [4.78, 5) is 19.5. The predicted octanol–water partition coefficient (Wildman–Crippen LogP) is 14.4. The van der Waals surface area contributed by atoms with Gasteiger partial charge in [-0.05, 0) is 93.0 Å². The van der Waals surface area contributed by atoms with Crippen molar-refractivity contribution in [2.45, 2.75) is 5.41 Å². The highest BCUT2D eigenvalue weighted by Crippen LogP contribution is 2.63. The molecule has 0 N–H and O–H groups in total. The smallest absolute Gasteiger partial charge is 0.140 e. The van der Waals surface area contributed by atoms with E-state index in [0.717, 1.165) is 101 Å². The lowest BCUT2D eigenvalue weighted by Gasteiger charge is -2.40. The third kappa shape index (κ3) is 5.44. The molecule has 298 valence electrons. The summed E-state index contributed by atoms with van der Waals surface area (Å²) in [6, 6.07) is 72.9. The average molecular weight is 817 g/mol. The maximum atomic E-state index is 7.15. The van der Waals surface area contributed by atoms with Gasteiger partial charge in [-0.15, -0.1) is 0 Å². The lowest BCUT2D eigenvalue weighted by atomic mass is 9.65.